The van der Waals surface area contributed by atoms with Gasteiger partial charge in [-0.15, -0.1) is 0 Å². The Bertz CT molecular complexity index is 1360. The van der Waals surface area contributed by atoms with Crippen LogP contribution in [0.1, 0.15) is 39.3 Å². The minimum Gasteiger partial charge on any atom is -0.0622 e. The van der Waals surface area contributed by atoms with E-state index in [1.807, 2.05) is 0 Å². The highest BCUT2D eigenvalue weighted by atomic mass is 14.3. The highest BCUT2D eigenvalue weighted by Gasteiger charge is 2.28. The summed E-state index contributed by atoms with van der Waals surface area (Å²) in [5.74, 6) is 1.39. The van der Waals surface area contributed by atoms with Crippen molar-refractivity contribution in [1.82, 2.24) is 0 Å². The molecule has 36 heavy (non-hydrogen) atoms. The number of hydrogen-bond donors (Lipinski definition) is 0. The van der Waals surface area contributed by atoms with Crippen LogP contribution in [0, 0.1) is 5.92 Å². The van der Waals surface area contributed by atoms with Crippen molar-refractivity contribution in [3.05, 3.63) is 197 Å². The molecule has 0 radical (unpaired) electrons. The molecule has 6 aromatic rings. The molecule has 0 aromatic heterocycles. The van der Waals surface area contributed by atoms with Crippen molar-refractivity contribution in [1.29, 1.82) is 0 Å². The molecule has 0 spiro atoms. The predicted molar refractivity (Wildman–Crippen MR) is 151 cm³/mol. The molecule has 0 amide bonds. The summed E-state index contributed by atoms with van der Waals surface area (Å²) in [5, 5.41) is 2.56. The smallest absolute Gasteiger partial charge is 0.0622 e. The highest BCUT2D eigenvalue weighted by molar-refractivity contribution is 5.93. The van der Waals surface area contributed by atoms with Gasteiger partial charge < -0.3 is 0 Å². The average Bonchev–Trinajstić information content (AvgIpc) is 2.96. The van der Waals surface area contributed by atoms with E-state index >= 15 is 0 Å². The van der Waals surface area contributed by atoms with Gasteiger partial charge in [-0.2, -0.15) is 0 Å². The van der Waals surface area contributed by atoms with Crippen molar-refractivity contribution in [2.24, 2.45) is 0 Å². The van der Waals surface area contributed by atoms with Gasteiger partial charge in [0.05, 0.1) is 22.6 Å². The normalized spacial score (nSPS) is 11.0. The lowest BCUT2D eigenvalue weighted by atomic mass is 9.77. The lowest BCUT2D eigenvalue weighted by Gasteiger charge is -2.23. The highest BCUT2D eigenvalue weighted by Crippen LogP contribution is 2.41. The van der Waals surface area contributed by atoms with Gasteiger partial charge in [-0.3, -0.25) is 0 Å². The van der Waals surface area contributed by atoms with E-state index in [0.717, 1.165) is 0 Å². The minimum atomic E-state index is 0.130. The quantitative estimate of drug-likeness (QED) is 0.172. The van der Waals surface area contributed by atoms with E-state index in [0.29, 0.717) is 0 Å². The maximum absolute atomic E-state index is 2.31. The largest absolute Gasteiger partial charge is 0.0638 e. The molecule has 0 heteroatoms. The van der Waals surface area contributed by atoms with E-state index in [2.05, 4.69) is 158 Å². The molecule has 0 saturated heterocycles. The summed E-state index contributed by atoms with van der Waals surface area (Å²) in [6.45, 7) is 0. The number of benzene rings is 6. The van der Waals surface area contributed by atoms with Gasteiger partial charge in [-0.1, -0.05) is 84.9 Å². The Morgan fingerprint density at radius 1 is 0.389 bits per heavy atom. The van der Waals surface area contributed by atoms with Gasteiger partial charge in [0.2, 0.25) is 0 Å². The van der Waals surface area contributed by atoms with Crippen LogP contribution in [0.25, 0.3) is 10.8 Å². The average molecular weight is 460 g/mol. The molecule has 0 aliphatic carbocycles. The summed E-state index contributed by atoms with van der Waals surface area (Å²) in [5.41, 5.74) is 7.63. The molecule has 0 nitrogen and oxygen atoms in total. The molecule has 0 saturated carbocycles. The van der Waals surface area contributed by atoms with Crippen LogP contribution < -0.4 is 0 Å². The summed E-state index contributed by atoms with van der Waals surface area (Å²) >= 11 is 0. The molecule has 6 aromatic carbocycles. The predicted octanol–water partition coefficient (Wildman–Crippen LogP) is 9.04. The van der Waals surface area contributed by atoms with Crippen LogP contribution in [0.4, 0.5) is 0 Å². The third-order valence-electron chi connectivity index (χ3n) is 6.91. The van der Waals surface area contributed by atoms with Gasteiger partial charge in [-0.05, 0) is 89.5 Å². The first kappa shape index (κ1) is 21.9. The summed E-state index contributed by atoms with van der Waals surface area (Å²) in [6.07, 6.45) is 0. The van der Waals surface area contributed by atoms with Gasteiger partial charge >= 0.3 is 0 Å². The van der Waals surface area contributed by atoms with E-state index in [-0.39, 0.29) is 5.92 Å². The van der Waals surface area contributed by atoms with Crippen molar-refractivity contribution in [2.75, 3.05) is 0 Å². The molecule has 170 valence electrons. The fourth-order valence-corrected chi connectivity index (χ4v) is 5.35. The SMILES string of the molecule is c1ccc([C+](c2ccccc2)c2cccc3cccc(C(c4ccccc4)c4ccccc4)c23)cc1. The minimum absolute atomic E-state index is 0.130. The first-order valence-electron chi connectivity index (χ1n) is 12.5. The van der Waals surface area contributed by atoms with Crippen LogP contribution in [-0.2, 0) is 0 Å². The lowest BCUT2D eigenvalue weighted by Crippen LogP contribution is -2.09. The van der Waals surface area contributed by atoms with Gasteiger partial charge in [0.25, 0.3) is 0 Å². The third kappa shape index (κ3) is 4.19. The Labute approximate surface area is 213 Å². The molecule has 0 aliphatic rings. The van der Waals surface area contributed by atoms with Crippen molar-refractivity contribution in [2.45, 2.75) is 5.92 Å². The zero-order chi connectivity index (χ0) is 24.2. The maximum Gasteiger partial charge on any atom is 0.0638 e. The summed E-state index contributed by atoms with van der Waals surface area (Å²) in [6, 6.07) is 56.8. The Morgan fingerprint density at radius 2 is 0.833 bits per heavy atom. The molecular weight excluding hydrogens is 432 g/mol. The molecule has 0 bridgehead atoms. The molecule has 0 unspecified atom stereocenters. The fraction of sp³-hybridized carbons (Fsp3) is 0.0278. The molecule has 0 aliphatic heterocycles. The summed E-state index contributed by atoms with van der Waals surface area (Å²) in [7, 11) is 0. The second-order valence-electron chi connectivity index (χ2n) is 9.11. The second-order valence-corrected chi connectivity index (χ2v) is 9.11. The second kappa shape index (κ2) is 9.98. The van der Waals surface area contributed by atoms with Crippen LogP contribution >= 0.6 is 0 Å². The lowest BCUT2D eigenvalue weighted by molar-refractivity contribution is 0.987. The first-order valence-corrected chi connectivity index (χ1v) is 12.5. The number of fused-ring (bicyclic) bond motifs is 1. The van der Waals surface area contributed by atoms with Gasteiger partial charge in [0.1, 0.15) is 0 Å². The Hall–Kier alpha value is -4.55. The van der Waals surface area contributed by atoms with Crippen molar-refractivity contribution >= 4 is 10.8 Å². The van der Waals surface area contributed by atoms with E-state index in [9.17, 15) is 0 Å². The van der Waals surface area contributed by atoms with Crippen molar-refractivity contribution < 1.29 is 0 Å². The Kier molecular flexibility index (Phi) is 6.08. The van der Waals surface area contributed by atoms with E-state index < -0.39 is 0 Å². The van der Waals surface area contributed by atoms with Crippen molar-refractivity contribution in [3.63, 3.8) is 0 Å². The van der Waals surface area contributed by atoms with Crippen LogP contribution in [0.15, 0.2) is 158 Å². The van der Waals surface area contributed by atoms with Crippen LogP contribution in [0.2, 0.25) is 0 Å². The summed E-state index contributed by atoms with van der Waals surface area (Å²) < 4.78 is 0. The summed E-state index contributed by atoms with van der Waals surface area (Å²) in [4.78, 5) is 0. The molecule has 0 fully saturated rings. The first-order chi connectivity index (χ1) is 17.9. The molecule has 0 N–H and O–H groups in total. The topological polar surface area (TPSA) is 0 Å². The monoisotopic (exact) mass is 459 g/mol. The van der Waals surface area contributed by atoms with E-state index in [4.69, 9.17) is 0 Å². The van der Waals surface area contributed by atoms with Gasteiger partial charge in [0.15, 0.2) is 0 Å². The zero-order valence-corrected chi connectivity index (χ0v) is 20.1. The number of hydrogen-bond acceptors (Lipinski definition) is 0. The van der Waals surface area contributed by atoms with E-state index in [1.165, 1.54) is 50.1 Å². The maximum atomic E-state index is 2.31. The Morgan fingerprint density at radius 3 is 1.33 bits per heavy atom. The van der Waals surface area contributed by atoms with Gasteiger partial charge in [-0.25, -0.2) is 0 Å². The van der Waals surface area contributed by atoms with Crippen LogP contribution in [0.3, 0.4) is 0 Å². The Balaban J connectivity index is 1.66. The zero-order valence-electron chi connectivity index (χ0n) is 20.1. The number of rotatable bonds is 6. The fourth-order valence-electron chi connectivity index (χ4n) is 5.35. The standard InChI is InChI=1S/C36H27/c1-5-15-27(16-6-1)34(28-17-7-2-8-18-28)32-25-13-23-31-24-14-26-33(36(31)32)35(29-19-9-3-10-20-29)30-21-11-4-12-22-30/h1-26,34H/q+1. The van der Waals surface area contributed by atoms with Crippen LogP contribution in [0.5, 0.6) is 0 Å². The molecule has 0 atom stereocenters. The van der Waals surface area contributed by atoms with Gasteiger partial charge in [0, 0.05) is 16.7 Å². The molecule has 6 rings (SSSR count). The third-order valence-corrected chi connectivity index (χ3v) is 6.91. The van der Waals surface area contributed by atoms with Crippen LogP contribution in [-0.4, -0.2) is 0 Å². The van der Waals surface area contributed by atoms with Crippen molar-refractivity contribution in [3.8, 4) is 0 Å². The van der Waals surface area contributed by atoms with E-state index in [1.54, 1.807) is 0 Å². The molecule has 0 heterocycles. The molecular formula is C36H27+.